The van der Waals surface area contributed by atoms with Crippen molar-refractivity contribution in [3.8, 4) is 5.75 Å². The third-order valence-electron chi connectivity index (χ3n) is 10.4. The monoisotopic (exact) mass is 640 g/mol. The van der Waals surface area contributed by atoms with Crippen LogP contribution in [0.1, 0.15) is 67.4 Å². The number of hydrogen-bond donors (Lipinski definition) is 1. The predicted molar refractivity (Wildman–Crippen MR) is 171 cm³/mol. The van der Waals surface area contributed by atoms with Crippen molar-refractivity contribution in [2.75, 3.05) is 31.2 Å². The highest BCUT2D eigenvalue weighted by atomic mass is 35.5. The van der Waals surface area contributed by atoms with Gasteiger partial charge in [-0.15, -0.1) is 0 Å². The van der Waals surface area contributed by atoms with Crippen LogP contribution >= 0.6 is 11.6 Å². The van der Waals surface area contributed by atoms with Crippen LogP contribution in [0.25, 0.3) is 0 Å². The highest BCUT2D eigenvalue weighted by Crippen LogP contribution is 2.47. The van der Waals surface area contributed by atoms with Crippen LogP contribution in [-0.4, -0.2) is 58.3 Å². The highest BCUT2D eigenvalue weighted by molar-refractivity contribution is 7.90. The van der Waals surface area contributed by atoms with Crippen molar-refractivity contribution >= 4 is 39.5 Å². The number of halogens is 1. The molecule has 44 heavy (non-hydrogen) atoms. The molecule has 1 N–H and O–H groups in total. The largest absolute Gasteiger partial charge is 0.490 e. The Hall–Kier alpha value is -2.88. The molecule has 0 saturated heterocycles. The van der Waals surface area contributed by atoms with Crippen LogP contribution in [-0.2, 0) is 31.4 Å². The Morgan fingerprint density at radius 3 is 2.80 bits per heavy atom. The van der Waals surface area contributed by atoms with Crippen LogP contribution < -0.4 is 14.4 Å². The van der Waals surface area contributed by atoms with Crippen molar-refractivity contribution in [3.05, 3.63) is 70.3 Å². The highest BCUT2D eigenvalue weighted by Gasteiger charge is 2.44. The van der Waals surface area contributed by atoms with Gasteiger partial charge in [0.1, 0.15) is 18.6 Å². The lowest BCUT2D eigenvalue weighted by molar-refractivity contribution is -0.115. The molecule has 1 amide bonds. The number of fused-ring (bicyclic) bond motifs is 4. The van der Waals surface area contributed by atoms with Gasteiger partial charge in [-0.3, -0.25) is 4.79 Å². The van der Waals surface area contributed by atoms with E-state index in [0.717, 1.165) is 55.6 Å². The maximum absolute atomic E-state index is 13.4. The maximum Gasteiger partial charge on any atom is 0.264 e. The van der Waals surface area contributed by atoms with E-state index in [0.29, 0.717) is 31.2 Å². The third-order valence-corrected chi connectivity index (χ3v) is 12.5. The van der Waals surface area contributed by atoms with Gasteiger partial charge >= 0.3 is 0 Å². The van der Waals surface area contributed by atoms with Crippen molar-refractivity contribution in [2.45, 2.75) is 69.1 Å². The minimum absolute atomic E-state index is 0.0107. The lowest BCUT2D eigenvalue weighted by atomic mass is 9.68. The molecule has 2 aliphatic heterocycles. The molecule has 6 atom stereocenters. The lowest BCUT2D eigenvalue weighted by Crippen LogP contribution is -2.49. The number of ether oxygens (including phenoxy) is 2. The summed E-state index contributed by atoms with van der Waals surface area (Å²) in [5.74, 6) is 0.302. The number of carbonyl (C=O) groups excluding carboxylic acids is 2. The van der Waals surface area contributed by atoms with Crippen molar-refractivity contribution in [1.29, 1.82) is 0 Å². The number of benzene rings is 2. The first-order chi connectivity index (χ1) is 21.1. The molecule has 236 valence electrons. The topological polar surface area (TPSA) is 102 Å². The SMILES string of the molecule is C[C@@H]1[C@@H](C)C/C=C/[C@H](OCC=O)[C@@H]2CC[C@H]2CN2C[C@@]3(CCCc4cc(Cl)ccc43)COc3ccc(cc32)C(=O)NS1(=O)=O. The van der Waals surface area contributed by atoms with Crippen LogP contribution in [0, 0.1) is 17.8 Å². The van der Waals surface area contributed by atoms with Gasteiger partial charge in [0.05, 0.1) is 23.6 Å². The van der Waals surface area contributed by atoms with Gasteiger partial charge < -0.3 is 19.2 Å². The number of rotatable bonds is 3. The average Bonchev–Trinajstić information content (AvgIpc) is 3.13. The van der Waals surface area contributed by atoms with Crippen LogP contribution in [0.3, 0.4) is 0 Å². The molecule has 1 saturated carbocycles. The summed E-state index contributed by atoms with van der Waals surface area (Å²) in [5.41, 5.74) is 3.28. The Morgan fingerprint density at radius 2 is 2.02 bits per heavy atom. The number of nitrogens with zero attached hydrogens (tertiary/aromatic N) is 1. The lowest BCUT2D eigenvalue weighted by Gasteiger charge is -2.46. The Kier molecular flexibility index (Phi) is 8.83. The van der Waals surface area contributed by atoms with E-state index in [-0.39, 0.29) is 35.5 Å². The molecule has 2 aromatic rings. The summed E-state index contributed by atoms with van der Waals surface area (Å²) in [6, 6.07) is 11.4. The number of anilines is 1. The number of carbonyl (C=O) groups is 2. The number of allylic oxidation sites excluding steroid dienone is 1. The smallest absolute Gasteiger partial charge is 0.264 e. The molecule has 2 bridgehead atoms. The summed E-state index contributed by atoms with van der Waals surface area (Å²) in [4.78, 5) is 27.0. The van der Waals surface area contributed by atoms with Crippen molar-refractivity contribution in [2.24, 2.45) is 17.8 Å². The molecule has 0 radical (unpaired) electrons. The minimum atomic E-state index is -3.94. The van der Waals surface area contributed by atoms with Gasteiger partial charge in [-0.2, -0.15) is 0 Å². The fourth-order valence-corrected chi connectivity index (χ4v) is 8.95. The minimum Gasteiger partial charge on any atom is -0.490 e. The van der Waals surface area contributed by atoms with Crippen molar-refractivity contribution in [3.63, 3.8) is 0 Å². The van der Waals surface area contributed by atoms with Gasteiger partial charge in [0.25, 0.3) is 5.91 Å². The van der Waals surface area contributed by atoms with Crippen molar-refractivity contribution in [1.82, 2.24) is 4.72 Å². The van der Waals surface area contributed by atoms with Crippen LogP contribution in [0.5, 0.6) is 5.75 Å². The fraction of sp³-hybridized carbons (Fsp3) is 0.529. The zero-order chi connectivity index (χ0) is 31.1. The molecular formula is C34H41ClN2O6S. The normalized spacial score (nSPS) is 32.2. The molecule has 6 rings (SSSR count). The molecule has 1 spiro atoms. The molecular weight excluding hydrogens is 600 g/mol. The summed E-state index contributed by atoms with van der Waals surface area (Å²) < 4.78 is 41.4. The molecule has 4 aliphatic rings. The van der Waals surface area contributed by atoms with Crippen LogP contribution in [0.2, 0.25) is 5.02 Å². The van der Waals surface area contributed by atoms with E-state index >= 15 is 0 Å². The Labute approximate surface area is 265 Å². The first-order valence-electron chi connectivity index (χ1n) is 15.7. The van der Waals surface area contributed by atoms with E-state index < -0.39 is 21.2 Å². The second-order valence-corrected chi connectivity index (χ2v) is 15.5. The predicted octanol–water partition coefficient (Wildman–Crippen LogP) is 5.47. The van der Waals surface area contributed by atoms with E-state index in [2.05, 4.69) is 21.8 Å². The number of aldehydes is 1. The Morgan fingerprint density at radius 1 is 1.18 bits per heavy atom. The number of amides is 1. The Balaban J connectivity index is 1.43. The average molecular weight is 641 g/mol. The van der Waals surface area contributed by atoms with E-state index in [1.165, 1.54) is 11.1 Å². The van der Waals surface area contributed by atoms with Gasteiger partial charge in [0, 0.05) is 29.1 Å². The fourth-order valence-electron chi connectivity index (χ4n) is 7.47. The molecule has 2 aliphatic carbocycles. The number of sulfonamides is 1. The zero-order valence-corrected chi connectivity index (χ0v) is 26.9. The molecule has 0 unspecified atom stereocenters. The number of hydrogen-bond acceptors (Lipinski definition) is 7. The molecule has 8 nitrogen and oxygen atoms in total. The molecule has 10 heteroatoms. The summed E-state index contributed by atoms with van der Waals surface area (Å²) in [7, 11) is -3.94. The van der Waals surface area contributed by atoms with E-state index in [4.69, 9.17) is 21.1 Å². The first-order valence-corrected chi connectivity index (χ1v) is 17.6. The standard InChI is InChI=1S/C34H41ClN2O6S/c1-22-5-3-7-31(42-16-15-38)28-11-8-26(28)19-37-20-34(14-4-6-24-17-27(35)10-12-29(24)34)21-43-32-13-9-25(18-30(32)37)33(39)36-44(40,41)23(22)2/h3,7,9-10,12-13,15,17-18,22-23,26,28,31H,4-6,8,11,14,16,19-21H2,1-2H3,(H,36,39)/b7-3+/t22-,23+,26-,28+,31-,34-/m0/s1. The molecule has 2 aromatic carbocycles. The van der Waals surface area contributed by atoms with Gasteiger partial charge in [0.2, 0.25) is 10.0 Å². The first kappa shape index (κ1) is 31.1. The zero-order valence-electron chi connectivity index (χ0n) is 25.3. The summed E-state index contributed by atoms with van der Waals surface area (Å²) in [6.07, 6.45) is 9.94. The molecule has 1 fully saturated rings. The molecule has 0 aromatic heterocycles. The third kappa shape index (κ3) is 6.03. The quantitative estimate of drug-likeness (QED) is 0.351. The van der Waals surface area contributed by atoms with E-state index in [1.807, 2.05) is 25.1 Å². The summed E-state index contributed by atoms with van der Waals surface area (Å²) in [5, 5.41) is -0.0696. The molecule has 2 heterocycles. The number of nitrogens with one attached hydrogen (secondary N) is 1. The van der Waals surface area contributed by atoms with Crippen molar-refractivity contribution < 1.29 is 27.5 Å². The van der Waals surface area contributed by atoms with Gasteiger partial charge in [-0.25, -0.2) is 13.1 Å². The van der Waals surface area contributed by atoms with E-state index in [1.54, 1.807) is 25.1 Å². The van der Waals surface area contributed by atoms with Gasteiger partial charge in [0.15, 0.2) is 0 Å². The second-order valence-electron chi connectivity index (χ2n) is 13.1. The van der Waals surface area contributed by atoms with Gasteiger partial charge in [-0.05, 0) is 105 Å². The Bertz CT molecular complexity index is 1560. The van der Waals surface area contributed by atoms with Gasteiger partial charge in [-0.1, -0.05) is 36.7 Å². The summed E-state index contributed by atoms with van der Waals surface area (Å²) >= 11 is 6.40. The van der Waals surface area contributed by atoms with Crippen LogP contribution in [0.4, 0.5) is 5.69 Å². The summed E-state index contributed by atoms with van der Waals surface area (Å²) in [6.45, 7) is 5.39. The maximum atomic E-state index is 13.4. The number of aryl methyl sites for hydroxylation is 1. The van der Waals surface area contributed by atoms with E-state index in [9.17, 15) is 18.0 Å². The second kappa shape index (κ2) is 12.5. The van der Waals surface area contributed by atoms with Crippen LogP contribution in [0.15, 0.2) is 48.6 Å².